The molecule has 3 fully saturated rings. The number of rotatable bonds is 17. The van der Waals surface area contributed by atoms with Gasteiger partial charge in [0.2, 0.25) is 5.91 Å². The zero-order valence-corrected chi connectivity index (χ0v) is 25.9. The lowest BCUT2D eigenvalue weighted by atomic mass is 9.94. The molecule has 21 heteroatoms. The number of aldehydes is 1. The van der Waals surface area contributed by atoms with E-state index in [2.05, 4.69) is 5.32 Å². The molecule has 17 unspecified atom stereocenters. The van der Waals surface area contributed by atoms with E-state index in [9.17, 15) is 60.7 Å². The highest BCUT2D eigenvalue weighted by Crippen LogP contribution is 2.33. The fourth-order valence-corrected chi connectivity index (χ4v) is 5.40. The maximum atomic E-state index is 12.1. The van der Waals surface area contributed by atoms with Gasteiger partial charge in [0.15, 0.2) is 18.9 Å². The predicted octanol–water partition coefficient (Wildman–Crippen LogP) is -8.08. The van der Waals surface area contributed by atoms with Gasteiger partial charge >= 0.3 is 0 Å². The number of aliphatic hydroxyl groups is 11. The van der Waals surface area contributed by atoms with Crippen molar-refractivity contribution in [2.24, 2.45) is 0 Å². The van der Waals surface area contributed by atoms with Crippen molar-refractivity contribution in [3.8, 4) is 0 Å². The lowest BCUT2D eigenvalue weighted by Crippen LogP contribution is -2.69. The highest BCUT2D eigenvalue weighted by Gasteiger charge is 2.54. The van der Waals surface area contributed by atoms with E-state index in [-0.39, 0.29) is 19.8 Å². The number of carbonyl (C=O) groups is 2. The van der Waals surface area contributed by atoms with Crippen molar-refractivity contribution in [1.82, 2.24) is 5.32 Å². The Hall–Kier alpha value is -1.58. The zero-order chi connectivity index (χ0) is 35.7. The quantitative estimate of drug-likeness (QED) is 0.0494. The van der Waals surface area contributed by atoms with Gasteiger partial charge in [0.25, 0.3) is 0 Å². The zero-order valence-electron chi connectivity index (χ0n) is 25.9. The molecule has 0 aromatic rings. The van der Waals surface area contributed by atoms with Crippen LogP contribution in [0.1, 0.15) is 13.3 Å². The van der Waals surface area contributed by atoms with Gasteiger partial charge in [0.05, 0.1) is 45.7 Å². The summed E-state index contributed by atoms with van der Waals surface area (Å²) >= 11 is 0. The molecule has 0 saturated carbocycles. The Kier molecular flexibility index (Phi) is 16.3. The van der Waals surface area contributed by atoms with Gasteiger partial charge in [-0.05, 0) is 0 Å². The second-order valence-corrected chi connectivity index (χ2v) is 11.5. The summed E-state index contributed by atoms with van der Waals surface area (Å²) in [6.45, 7) is -2.02. The summed E-state index contributed by atoms with van der Waals surface area (Å²) < 4.78 is 38.4. The molecule has 0 spiro atoms. The first-order chi connectivity index (χ1) is 22.8. The molecule has 3 aliphatic rings. The number of amides is 1. The Morgan fingerprint density at radius 3 is 1.94 bits per heavy atom. The van der Waals surface area contributed by atoms with Crippen LogP contribution >= 0.6 is 0 Å². The molecule has 0 aliphatic carbocycles. The van der Waals surface area contributed by atoms with E-state index in [1.807, 2.05) is 0 Å². The molecule has 0 aromatic heterocycles. The lowest BCUT2D eigenvalue weighted by Gasteiger charge is -2.49. The van der Waals surface area contributed by atoms with Gasteiger partial charge < -0.3 is 99.4 Å². The number of hydrogen-bond acceptors (Lipinski definition) is 20. The molecule has 0 radical (unpaired) electrons. The molecule has 48 heavy (non-hydrogen) atoms. The van der Waals surface area contributed by atoms with Crippen LogP contribution < -0.4 is 5.32 Å². The molecule has 12 N–H and O–H groups in total. The van der Waals surface area contributed by atoms with Crippen molar-refractivity contribution in [2.75, 3.05) is 39.6 Å². The normalized spacial score (nSPS) is 41.8. The fourth-order valence-electron chi connectivity index (χ4n) is 5.40. The summed E-state index contributed by atoms with van der Waals surface area (Å²) in [6, 6.07) is -1.57. The van der Waals surface area contributed by atoms with Crippen LogP contribution in [0.4, 0.5) is 0 Å². The topological polar surface area (TPSA) is 333 Å². The van der Waals surface area contributed by atoms with Gasteiger partial charge in [-0.3, -0.25) is 4.79 Å². The van der Waals surface area contributed by atoms with Crippen LogP contribution in [0, 0.1) is 0 Å². The molecular formula is C27H47NO20. The van der Waals surface area contributed by atoms with Crippen molar-refractivity contribution >= 4 is 12.2 Å². The van der Waals surface area contributed by atoms with Crippen molar-refractivity contribution in [1.29, 1.82) is 0 Å². The van der Waals surface area contributed by atoms with E-state index in [0.717, 1.165) is 6.92 Å². The minimum absolute atomic E-state index is 0.103. The summed E-state index contributed by atoms with van der Waals surface area (Å²) in [5, 5.41) is 115. The van der Waals surface area contributed by atoms with Gasteiger partial charge in [-0.15, -0.1) is 0 Å². The van der Waals surface area contributed by atoms with Crippen LogP contribution in [-0.2, 0) is 42.7 Å². The van der Waals surface area contributed by atoms with Gasteiger partial charge in [-0.25, -0.2) is 0 Å². The summed E-state index contributed by atoms with van der Waals surface area (Å²) in [7, 11) is 0. The van der Waals surface area contributed by atoms with Crippen LogP contribution in [0.3, 0.4) is 0 Å². The molecule has 3 saturated heterocycles. The smallest absolute Gasteiger partial charge is 0.217 e. The van der Waals surface area contributed by atoms with Crippen molar-refractivity contribution in [3.05, 3.63) is 0 Å². The first kappa shape index (κ1) is 40.8. The van der Waals surface area contributed by atoms with Gasteiger partial charge in [-0.1, -0.05) is 0 Å². The minimum Gasteiger partial charge on any atom is -0.394 e. The third kappa shape index (κ3) is 10.0. The molecule has 17 atom stereocenters. The largest absolute Gasteiger partial charge is 0.394 e. The third-order valence-electron chi connectivity index (χ3n) is 8.02. The Bertz CT molecular complexity index is 980. The van der Waals surface area contributed by atoms with Crippen LogP contribution in [-0.4, -0.2) is 212 Å². The first-order valence-corrected chi connectivity index (χ1v) is 15.2. The number of carbonyl (C=O) groups excluding carboxylic acids is 2. The van der Waals surface area contributed by atoms with Crippen LogP contribution in [0.5, 0.6) is 0 Å². The molecular weight excluding hydrogens is 658 g/mol. The Balaban J connectivity index is 1.80. The fraction of sp³-hybridized carbons (Fsp3) is 0.926. The Morgan fingerprint density at radius 1 is 0.729 bits per heavy atom. The molecule has 0 aromatic carbocycles. The molecule has 21 nitrogen and oxygen atoms in total. The number of aliphatic hydroxyl groups excluding tert-OH is 11. The Labute approximate surface area is 274 Å². The standard InChI is InChI=1S/C27H47NO20/c1-10(33)28-16-19(38)23(47-27-21(40)20(39)17(36)14(6-31)45-27)15(7-32)46-25(16)48-24-18(37)13(2-3-29)44-26(22(24)41)43-9-12(35)11(34)8-42-5-4-30/h3,11-27,30-32,34-41H,2,4-9H2,1H3,(H,28,33). The lowest BCUT2D eigenvalue weighted by molar-refractivity contribution is -0.367. The molecule has 0 bridgehead atoms. The van der Waals surface area contributed by atoms with Gasteiger partial charge in [0.1, 0.15) is 85.6 Å². The second kappa shape index (κ2) is 19.1. The van der Waals surface area contributed by atoms with E-state index in [1.54, 1.807) is 0 Å². The van der Waals surface area contributed by atoms with Crippen LogP contribution in [0.2, 0.25) is 0 Å². The molecule has 280 valence electrons. The Morgan fingerprint density at radius 2 is 1.33 bits per heavy atom. The van der Waals surface area contributed by atoms with Crippen molar-refractivity contribution in [3.63, 3.8) is 0 Å². The van der Waals surface area contributed by atoms with E-state index >= 15 is 0 Å². The summed E-state index contributed by atoms with van der Waals surface area (Å²) in [5.74, 6) is -0.728. The molecule has 1 amide bonds. The highest BCUT2D eigenvalue weighted by atomic mass is 16.8. The van der Waals surface area contributed by atoms with E-state index in [4.69, 9.17) is 38.3 Å². The monoisotopic (exact) mass is 705 g/mol. The first-order valence-electron chi connectivity index (χ1n) is 15.2. The van der Waals surface area contributed by atoms with Crippen LogP contribution in [0.25, 0.3) is 0 Å². The van der Waals surface area contributed by atoms with E-state index < -0.39 is 136 Å². The van der Waals surface area contributed by atoms with Crippen molar-refractivity contribution in [2.45, 2.75) is 118 Å². The van der Waals surface area contributed by atoms with Gasteiger partial charge in [0, 0.05) is 13.3 Å². The number of ether oxygens (including phenoxy) is 7. The summed E-state index contributed by atoms with van der Waals surface area (Å²) in [4.78, 5) is 23.5. The number of hydrogen-bond donors (Lipinski definition) is 12. The molecule has 3 rings (SSSR count). The van der Waals surface area contributed by atoms with Crippen molar-refractivity contribution < 1.29 is 98.9 Å². The maximum absolute atomic E-state index is 12.1. The predicted molar refractivity (Wildman–Crippen MR) is 150 cm³/mol. The average molecular weight is 706 g/mol. The third-order valence-corrected chi connectivity index (χ3v) is 8.02. The van der Waals surface area contributed by atoms with Crippen LogP contribution in [0.15, 0.2) is 0 Å². The average Bonchev–Trinajstić information content (AvgIpc) is 3.05. The summed E-state index contributed by atoms with van der Waals surface area (Å²) in [5.41, 5.74) is 0. The van der Waals surface area contributed by atoms with E-state index in [0.29, 0.717) is 6.29 Å². The molecule has 3 heterocycles. The molecule has 3 aliphatic heterocycles. The minimum atomic E-state index is -1.89. The van der Waals surface area contributed by atoms with Gasteiger partial charge in [-0.2, -0.15) is 0 Å². The second-order valence-electron chi connectivity index (χ2n) is 11.5. The summed E-state index contributed by atoms with van der Waals surface area (Å²) in [6.07, 6.45) is -26.8. The number of nitrogens with one attached hydrogen (secondary N) is 1. The highest BCUT2D eigenvalue weighted by molar-refractivity contribution is 5.73. The van der Waals surface area contributed by atoms with E-state index in [1.165, 1.54) is 0 Å². The SMILES string of the molecule is CC(=O)NC1C(OC2C(O)C(CC=O)OC(OCC(O)C(O)COCCO)C2O)OC(CO)C(OC2OC(CO)C(O)C(O)C2O)C1O. The maximum Gasteiger partial charge on any atom is 0.217 e.